The van der Waals surface area contributed by atoms with Gasteiger partial charge in [-0.2, -0.15) is 0 Å². The summed E-state index contributed by atoms with van der Waals surface area (Å²) in [5, 5.41) is 7.61. The number of hydrogen-bond acceptors (Lipinski definition) is 8. The monoisotopic (exact) mass is 826 g/mol. The van der Waals surface area contributed by atoms with Crippen molar-refractivity contribution in [2.45, 2.75) is 95.8 Å². The minimum absolute atomic E-state index is 0.0651. The fraction of sp³-hybridized carbons (Fsp3) is 0.447. The van der Waals surface area contributed by atoms with Crippen molar-refractivity contribution >= 4 is 45.8 Å². The Bertz CT molecular complexity index is 2470. The van der Waals surface area contributed by atoms with Gasteiger partial charge < -0.3 is 39.9 Å². The summed E-state index contributed by atoms with van der Waals surface area (Å²) >= 11 is 0. The number of aromatic nitrogens is 4. The van der Waals surface area contributed by atoms with Gasteiger partial charge in [0.2, 0.25) is 11.8 Å². The van der Waals surface area contributed by atoms with Crippen molar-refractivity contribution in [2.75, 3.05) is 27.3 Å². The largest absolute Gasteiger partial charge is 0.453 e. The molecule has 8 rings (SSSR count). The molecule has 3 aliphatic rings. The highest BCUT2D eigenvalue weighted by atomic mass is 16.5. The van der Waals surface area contributed by atoms with Gasteiger partial charge in [0.05, 0.1) is 49.2 Å². The fourth-order valence-corrected chi connectivity index (χ4v) is 9.32. The van der Waals surface area contributed by atoms with Gasteiger partial charge in [-0.1, -0.05) is 69.2 Å². The van der Waals surface area contributed by atoms with E-state index >= 15 is 0 Å². The van der Waals surface area contributed by atoms with Crippen LogP contribution in [0.2, 0.25) is 0 Å². The van der Waals surface area contributed by atoms with Gasteiger partial charge in [-0.3, -0.25) is 9.59 Å². The molecule has 4 atom stereocenters. The molecular formula is C47H54N8O6. The van der Waals surface area contributed by atoms with Crippen molar-refractivity contribution in [3.8, 4) is 23.1 Å². The quantitative estimate of drug-likeness (QED) is 0.110. The van der Waals surface area contributed by atoms with Gasteiger partial charge in [-0.05, 0) is 91.6 Å². The molecule has 14 nitrogen and oxygen atoms in total. The van der Waals surface area contributed by atoms with E-state index in [0.717, 1.165) is 114 Å². The molecule has 0 spiro atoms. The lowest BCUT2D eigenvalue weighted by Gasteiger charge is -2.34. The maximum absolute atomic E-state index is 14.0. The second-order valence-corrected chi connectivity index (χ2v) is 16.8. The van der Waals surface area contributed by atoms with E-state index in [2.05, 4.69) is 44.6 Å². The summed E-state index contributed by atoms with van der Waals surface area (Å²) in [5.74, 6) is 7.87. The Labute approximate surface area is 355 Å². The SMILES string of the molecule is COC(=O)N[C@H](C(=O)N1CCC[C@H]1c1nc2ccc3cc(C#Cc4ccc(-c5cnc([C@@H]6CCCN6C(=O)[C@@H](NC(=O)OC)C6CCCCC6)[nH]5)cc4)ccc3c2[nH]1)C(C)C. The molecule has 0 radical (unpaired) electrons. The van der Waals surface area contributed by atoms with Crippen molar-refractivity contribution in [1.29, 1.82) is 0 Å². The number of carbonyl (C=O) groups excluding carboxylic acids is 4. The van der Waals surface area contributed by atoms with E-state index in [9.17, 15) is 19.2 Å². The number of fused-ring (bicyclic) bond motifs is 3. The highest BCUT2D eigenvalue weighted by Gasteiger charge is 2.40. The van der Waals surface area contributed by atoms with Crippen LogP contribution in [0.1, 0.15) is 106 Å². The van der Waals surface area contributed by atoms with E-state index in [0.29, 0.717) is 13.1 Å². The molecule has 0 bridgehead atoms. The van der Waals surface area contributed by atoms with E-state index in [1.165, 1.54) is 14.2 Å². The van der Waals surface area contributed by atoms with E-state index in [1.807, 2.05) is 72.3 Å². The summed E-state index contributed by atoms with van der Waals surface area (Å²) in [6.45, 7) is 5.02. The van der Waals surface area contributed by atoms with Gasteiger partial charge in [-0.15, -0.1) is 0 Å². The first-order valence-electron chi connectivity index (χ1n) is 21.5. The van der Waals surface area contributed by atoms with Crippen LogP contribution in [-0.2, 0) is 19.1 Å². The molecule has 2 saturated heterocycles. The summed E-state index contributed by atoms with van der Waals surface area (Å²) in [6, 6.07) is 16.5. The highest BCUT2D eigenvalue weighted by molar-refractivity contribution is 6.04. The molecule has 0 unspecified atom stereocenters. The average molecular weight is 827 g/mol. The lowest BCUT2D eigenvalue weighted by atomic mass is 9.83. The maximum atomic E-state index is 14.0. The van der Waals surface area contributed by atoms with Crippen LogP contribution in [-0.4, -0.2) is 93.1 Å². The molecule has 318 valence electrons. The van der Waals surface area contributed by atoms with Crippen LogP contribution in [0.3, 0.4) is 0 Å². The Kier molecular flexibility index (Phi) is 12.3. The zero-order chi connectivity index (χ0) is 42.6. The number of ether oxygens (including phenoxy) is 2. The molecule has 3 aromatic carbocycles. The van der Waals surface area contributed by atoms with E-state index in [-0.39, 0.29) is 35.7 Å². The van der Waals surface area contributed by atoms with Crippen LogP contribution in [0.5, 0.6) is 0 Å². The molecular weight excluding hydrogens is 773 g/mol. The van der Waals surface area contributed by atoms with Crippen molar-refractivity contribution in [3.05, 3.63) is 83.6 Å². The molecule has 4 amide bonds. The number of carbonyl (C=O) groups is 4. The van der Waals surface area contributed by atoms with Crippen LogP contribution in [0, 0.1) is 23.7 Å². The molecule has 1 aliphatic carbocycles. The summed E-state index contributed by atoms with van der Waals surface area (Å²) in [4.78, 5) is 72.3. The van der Waals surface area contributed by atoms with Gasteiger partial charge in [0.15, 0.2) is 0 Å². The topological polar surface area (TPSA) is 175 Å². The first-order chi connectivity index (χ1) is 29.6. The van der Waals surface area contributed by atoms with Crippen molar-refractivity contribution in [3.63, 3.8) is 0 Å². The molecule has 2 aromatic heterocycles. The number of imidazole rings is 2. The van der Waals surface area contributed by atoms with Gasteiger partial charge >= 0.3 is 12.2 Å². The average Bonchev–Trinajstić information content (AvgIpc) is 4.13. The van der Waals surface area contributed by atoms with Crippen LogP contribution in [0.4, 0.5) is 9.59 Å². The molecule has 4 N–H and O–H groups in total. The summed E-state index contributed by atoms with van der Waals surface area (Å²) < 4.78 is 9.67. The van der Waals surface area contributed by atoms with Crippen LogP contribution < -0.4 is 10.6 Å². The highest BCUT2D eigenvalue weighted by Crippen LogP contribution is 2.36. The maximum Gasteiger partial charge on any atom is 0.407 e. The summed E-state index contributed by atoms with van der Waals surface area (Å²) in [7, 11) is 2.62. The first-order valence-corrected chi connectivity index (χ1v) is 21.5. The molecule has 61 heavy (non-hydrogen) atoms. The van der Waals surface area contributed by atoms with Crippen molar-refractivity contribution in [1.82, 2.24) is 40.4 Å². The molecule has 5 aromatic rings. The minimum atomic E-state index is -0.697. The fourth-order valence-electron chi connectivity index (χ4n) is 9.32. The molecule has 2 aliphatic heterocycles. The Morgan fingerprint density at radius 2 is 1.39 bits per heavy atom. The number of nitrogens with zero attached hydrogens (tertiary/aromatic N) is 4. The van der Waals surface area contributed by atoms with Gasteiger partial charge in [0.1, 0.15) is 23.7 Å². The number of aromatic amines is 2. The number of alkyl carbamates (subject to hydrolysis) is 2. The Hall–Kier alpha value is -6.36. The summed E-state index contributed by atoms with van der Waals surface area (Å²) in [5.41, 5.74) is 5.29. The predicted octanol–water partition coefficient (Wildman–Crippen LogP) is 7.52. The normalized spacial score (nSPS) is 19.1. The Balaban J connectivity index is 0.943. The molecule has 4 heterocycles. The van der Waals surface area contributed by atoms with Crippen LogP contribution >= 0.6 is 0 Å². The lowest BCUT2D eigenvalue weighted by Crippen LogP contribution is -2.52. The standard InChI is InChI=1S/C47H54N8O6/c1-28(2)39(52-46(58)60-3)44(56)55-25-9-13-38(55)43-49-35-23-21-33-26-30(18-22-34(33)41(35)51-43)15-14-29-16-19-31(20-17-29)36-27-48-42(50-36)37-12-8-24-54(37)45(57)40(53-47(59)61-4)32-10-6-5-7-11-32/h16-23,26-28,32,37-40H,5-13,24-25H2,1-4H3,(H,48,50)(H,49,51)(H,52,58)(H,53,59)/t37-,38-,39-,40-/m0/s1. The van der Waals surface area contributed by atoms with Crippen molar-refractivity contribution < 1.29 is 28.7 Å². The van der Waals surface area contributed by atoms with Gasteiger partial charge in [0, 0.05) is 29.6 Å². The third-order valence-electron chi connectivity index (χ3n) is 12.6. The third-order valence-corrected chi connectivity index (χ3v) is 12.6. The summed E-state index contributed by atoms with van der Waals surface area (Å²) in [6.07, 6.45) is 8.98. The number of hydrogen-bond donors (Lipinski definition) is 4. The number of benzene rings is 3. The smallest absolute Gasteiger partial charge is 0.407 e. The number of nitrogens with one attached hydrogen (secondary N) is 4. The van der Waals surface area contributed by atoms with E-state index < -0.39 is 24.3 Å². The minimum Gasteiger partial charge on any atom is -0.453 e. The second kappa shape index (κ2) is 18.1. The number of H-pyrrole nitrogens is 2. The second-order valence-electron chi connectivity index (χ2n) is 16.8. The van der Waals surface area contributed by atoms with Crippen molar-refractivity contribution in [2.24, 2.45) is 11.8 Å². The number of amides is 4. The molecule has 1 saturated carbocycles. The predicted molar refractivity (Wildman–Crippen MR) is 231 cm³/mol. The zero-order valence-corrected chi connectivity index (χ0v) is 35.3. The molecule has 14 heteroatoms. The van der Waals surface area contributed by atoms with E-state index in [1.54, 1.807) is 0 Å². The molecule has 3 fully saturated rings. The number of methoxy groups -OCH3 is 2. The zero-order valence-electron chi connectivity index (χ0n) is 35.3. The number of likely N-dealkylation sites (tertiary alicyclic amines) is 2. The van der Waals surface area contributed by atoms with Gasteiger partial charge in [0.25, 0.3) is 0 Å². The Morgan fingerprint density at radius 3 is 2.10 bits per heavy atom. The van der Waals surface area contributed by atoms with Gasteiger partial charge in [-0.25, -0.2) is 19.6 Å². The Morgan fingerprint density at radius 1 is 0.738 bits per heavy atom. The van der Waals surface area contributed by atoms with Crippen LogP contribution in [0.15, 0.2) is 60.8 Å². The first kappa shape index (κ1) is 41.4. The van der Waals surface area contributed by atoms with Crippen LogP contribution in [0.25, 0.3) is 33.1 Å². The third kappa shape index (κ3) is 8.78. The lowest BCUT2D eigenvalue weighted by molar-refractivity contribution is -0.136. The van der Waals surface area contributed by atoms with E-state index in [4.69, 9.17) is 19.4 Å². The number of rotatable bonds is 9.